The Bertz CT molecular complexity index is 825. The van der Waals surface area contributed by atoms with Crippen molar-refractivity contribution in [2.24, 2.45) is 0 Å². The Labute approximate surface area is 128 Å². The third-order valence-electron chi connectivity index (χ3n) is 3.58. The van der Waals surface area contributed by atoms with E-state index < -0.39 is 0 Å². The number of amides is 1. The van der Waals surface area contributed by atoms with Crippen LogP contribution in [0.4, 0.5) is 0 Å². The van der Waals surface area contributed by atoms with Crippen LogP contribution in [-0.4, -0.2) is 25.5 Å². The molecule has 0 aliphatic rings. The van der Waals surface area contributed by atoms with Crippen LogP contribution >= 0.6 is 0 Å². The summed E-state index contributed by atoms with van der Waals surface area (Å²) < 4.78 is 1.68. The maximum atomic E-state index is 12.5. The second-order valence-electron chi connectivity index (χ2n) is 5.31. The minimum absolute atomic E-state index is 0.114. The fourth-order valence-corrected chi connectivity index (χ4v) is 2.44. The van der Waals surface area contributed by atoms with Gasteiger partial charge in [-0.1, -0.05) is 0 Å². The molecule has 1 N–H and O–H groups in total. The van der Waals surface area contributed by atoms with Crippen molar-refractivity contribution in [1.82, 2.24) is 24.9 Å². The topological polar surface area (TPSA) is 72.2 Å². The van der Waals surface area contributed by atoms with Crippen LogP contribution in [0.1, 0.15) is 40.3 Å². The molecule has 0 bridgehead atoms. The van der Waals surface area contributed by atoms with Gasteiger partial charge in [-0.3, -0.25) is 9.78 Å². The van der Waals surface area contributed by atoms with E-state index in [1.54, 1.807) is 23.1 Å². The largest absolute Gasteiger partial charge is 0.345 e. The molecule has 1 amide bonds. The van der Waals surface area contributed by atoms with Crippen LogP contribution in [0.3, 0.4) is 0 Å². The van der Waals surface area contributed by atoms with Crippen LogP contribution in [0.25, 0.3) is 5.65 Å². The number of carbonyl (C=O) groups is 1. The van der Waals surface area contributed by atoms with Crippen LogP contribution in [0.2, 0.25) is 0 Å². The molecule has 0 spiro atoms. The van der Waals surface area contributed by atoms with E-state index in [0.29, 0.717) is 11.2 Å². The number of fused-ring (bicyclic) bond motifs is 1. The first kappa shape index (κ1) is 14.2. The van der Waals surface area contributed by atoms with Gasteiger partial charge in [0.1, 0.15) is 5.56 Å². The molecule has 0 aliphatic carbocycles. The molecule has 22 heavy (non-hydrogen) atoms. The SMILES string of the molecule is Cc1cc(C)n2ncc(C(=O)NC(C)c3ccncc3)c2n1. The molecule has 112 valence electrons. The molecule has 0 saturated carbocycles. The summed E-state index contributed by atoms with van der Waals surface area (Å²) in [4.78, 5) is 20.9. The predicted octanol–water partition coefficient (Wildman–Crippen LogP) is 2.23. The molecule has 3 heterocycles. The van der Waals surface area contributed by atoms with Crippen LogP contribution in [0.5, 0.6) is 0 Å². The maximum Gasteiger partial charge on any atom is 0.257 e. The number of nitrogens with zero attached hydrogens (tertiary/aromatic N) is 4. The van der Waals surface area contributed by atoms with Gasteiger partial charge in [-0.15, -0.1) is 0 Å². The molecule has 0 fully saturated rings. The quantitative estimate of drug-likeness (QED) is 0.804. The van der Waals surface area contributed by atoms with Gasteiger partial charge in [0.2, 0.25) is 0 Å². The minimum Gasteiger partial charge on any atom is -0.345 e. The highest BCUT2D eigenvalue weighted by Crippen LogP contribution is 2.15. The van der Waals surface area contributed by atoms with Crippen LogP contribution in [0.15, 0.2) is 36.8 Å². The van der Waals surface area contributed by atoms with Crippen molar-refractivity contribution in [3.8, 4) is 0 Å². The molecule has 0 radical (unpaired) electrons. The number of hydrogen-bond donors (Lipinski definition) is 1. The van der Waals surface area contributed by atoms with Crippen molar-refractivity contribution in [3.05, 3.63) is 59.3 Å². The fraction of sp³-hybridized carbons (Fsp3) is 0.250. The highest BCUT2D eigenvalue weighted by atomic mass is 16.1. The van der Waals surface area contributed by atoms with E-state index in [4.69, 9.17) is 0 Å². The Morgan fingerprint density at radius 2 is 2.00 bits per heavy atom. The van der Waals surface area contributed by atoms with Crippen molar-refractivity contribution in [2.45, 2.75) is 26.8 Å². The van der Waals surface area contributed by atoms with E-state index in [1.807, 2.05) is 39.0 Å². The molecule has 3 aromatic heterocycles. The first-order valence-corrected chi connectivity index (χ1v) is 7.09. The summed E-state index contributed by atoms with van der Waals surface area (Å²) in [5, 5.41) is 7.21. The number of pyridine rings is 1. The standard InChI is InChI=1S/C16H17N5O/c1-10-8-11(2)21-15(19-10)14(9-18-21)16(22)20-12(3)13-4-6-17-7-5-13/h4-9,12H,1-3H3,(H,20,22). The zero-order valence-electron chi connectivity index (χ0n) is 12.7. The summed E-state index contributed by atoms with van der Waals surface area (Å²) >= 11 is 0. The van der Waals surface area contributed by atoms with Crippen molar-refractivity contribution < 1.29 is 4.79 Å². The van der Waals surface area contributed by atoms with Gasteiger partial charge >= 0.3 is 0 Å². The zero-order valence-corrected chi connectivity index (χ0v) is 12.7. The first-order chi connectivity index (χ1) is 10.6. The third kappa shape index (κ3) is 2.55. The second kappa shape index (κ2) is 5.55. The van der Waals surface area contributed by atoms with Gasteiger partial charge in [0.25, 0.3) is 5.91 Å². The van der Waals surface area contributed by atoms with Crippen molar-refractivity contribution in [2.75, 3.05) is 0 Å². The van der Waals surface area contributed by atoms with Gasteiger partial charge in [0.15, 0.2) is 5.65 Å². The highest BCUT2D eigenvalue weighted by molar-refractivity contribution is 5.99. The second-order valence-corrected chi connectivity index (χ2v) is 5.31. The Morgan fingerprint density at radius 3 is 2.73 bits per heavy atom. The van der Waals surface area contributed by atoms with Gasteiger partial charge in [-0.05, 0) is 44.5 Å². The van der Waals surface area contributed by atoms with E-state index in [2.05, 4.69) is 20.4 Å². The molecule has 6 nitrogen and oxygen atoms in total. The number of hydrogen-bond acceptors (Lipinski definition) is 4. The van der Waals surface area contributed by atoms with Gasteiger partial charge in [0.05, 0.1) is 12.2 Å². The Morgan fingerprint density at radius 1 is 1.27 bits per heavy atom. The number of nitrogens with one attached hydrogen (secondary N) is 1. The number of rotatable bonds is 3. The molecule has 3 aromatic rings. The predicted molar refractivity (Wildman–Crippen MR) is 82.6 cm³/mol. The van der Waals surface area contributed by atoms with Gasteiger partial charge in [0, 0.05) is 23.8 Å². The van der Waals surface area contributed by atoms with E-state index in [-0.39, 0.29) is 11.9 Å². The number of aryl methyl sites for hydroxylation is 2. The lowest BCUT2D eigenvalue weighted by Crippen LogP contribution is -2.26. The monoisotopic (exact) mass is 295 g/mol. The highest BCUT2D eigenvalue weighted by Gasteiger charge is 2.17. The molecule has 0 aliphatic heterocycles. The maximum absolute atomic E-state index is 12.5. The van der Waals surface area contributed by atoms with E-state index >= 15 is 0 Å². The summed E-state index contributed by atoms with van der Waals surface area (Å²) in [5.41, 5.74) is 3.87. The Balaban J connectivity index is 1.90. The van der Waals surface area contributed by atoms with Crippen molar-refractivity contribution in [1.29, 1.82) is 0 Å². The molecule has 1 atom stereocenters. The van der Waals surface area contributed by atoms with Crippen LogP contribution in [-0.2, 0) is 0 Å². The van der Waals surface area contributed by atoms with E-state index in [1.165, 1.54) is 0 Å². The van der Waals surface area contributed by atoms with Crippen molar-refractivity contribution in [3.63, 3.8) is 0 Å². The molecular weight excluding hydrogens is 278 g/mol. The van der Waals surface area contributed by atoms with Gasteiger partial charge in [-0.25, -0.2) is 9.50 Å². The van der Waals surface area contributed by atoms with Crippen LogP contribution in [0, 0.1) is 13.8 Å². The smallest absolute Gasteiger partial charge is 0.257 e. The van der Waals surface area contributed by atoms with Crippen LogP contribution < -0.4 is 5.32 Å². The third-order valence-corrected chi connectivity index (χ3v) is 3.58. The molecule has 6 heteroatoms. The number of aromatic nitrogens is 4. The fourth-order valence-electron chi connectivity index (χ4n) is 2.44. The van der Waals surface area contributed by atoms with E-state index in [0.717, 1.165) is 17.0 Å². The summed E-state index contributed by atoms with van der Waals surface area (Å²) in [5.74, 6) is -0.184. The average Bonchev–Trinajstić information content (AvgIpc) is 2.92. The Hall–Kier alpha value is -2.76. The number of carbonyl (C=O) groups excluding carboxylic acids is 1. The molecule has 3 rings (SSSR count). The van der Waals surface area contributed by atoms with Gasteiger partial charge < -0.3 is 5.32 Å². The Kier molecular flexibility index (Phi) is 3.58. The lowest BCUT2D eigenvalue weighted by molar-refractivity contribution is 0.0941. The summed E-state index contributed by atoms with van der Waals surface area (Å²) in [6.07, 6.45) is 4.98. The normalized spacial score (nSPS) is 12.3. The van der Waals surface area contributed by atoms with Gasteiger partial charge in [-0.2, -0.15) is 5.10 Å². The zero-order chi connectivity index (χ0) is 15.7. The first-order valence-electron chi connectivity index (χ1n) is 7.09. The lowest BCUT2D eigenvalue weighted by Gasteiger charge is -2.13. The summed E-state index contributed by atoms with van der Waals surface area (Å²) in [6.45, 7) is 5.78. The summed E-state index contributed by atoms with van der Waals surface area (Å²) in [7, 11) is 0. The lowest BCUT2D eigenvalue weighted by atomic mass is 10.1. The minimum atomic E-state index is -0.184. The van der Waals surface area contributed by atoms with E-state index in [9.17, 15) is 4.79 Å². The summed E-state index contributed by atoms with van der Waals surface area (Å²) in [6, 6.07) is 5.58. The molecule has 0 aromatic carbocycles. The molecular formula is C16H17N5O. The molecule has 0 saturated heterocycles. The molecule has 1 unspecified atom stereocenters. The van der Waals surface area contributed by atoms with Crippen molar-refractivity contribution >= 4 is 11.6 Å². The average molecular weight is 295 g/mol.